The van der Waals surface area contributed by atoms with Crippen molar-refractivity contribution in [3.05, 3.63) is 59.7 Å². The van der Waals surface area contributed by atoms with Crippen molar-refractivity contribution in [2.45, 2.75) is 23.5 Å². The number of aromatic carboxylic acids is 1. The number of benzene rings is 2. The highest BCUT2D eigenvalue weighted by atomic mass is 32.2. The Morgan fingerprint density at radius 3 is 2.46 bits per heavy atom. The minimum Gasteiger partial charge on any atom is -0.545 e. The molecule has 0 radical (unpaired) electrons. The normalized spacial score (nSPS) is 16.3. The van der Waals surface area contributed by atoms with E-state index in [1.54, 1.807) is 25.1 Å². The number of ether oxygens (including phenoxy) is 1. The van der Waals surface area contributed by atoms with E-state index in [1.165, 1.54) is 30.3 Å². The molecule has 0 N–H and O–H groups in total. The molecule has 1 fully saturated rings. The molecule has 2 aromatic carbocycles. The average molecular weight is 398 g/mol. The van der Waals surface area contributed by atoms with Gasteiger partial charge in [-0.15, -0.1) is 11.8 Å². The van der Waals surface area contributed by atoms with E-state index in [1.807, 2.05) is 0 Å². The van der Waals surface area contributed by atoms with Crippen LogP contribution in [0.2, 0.25) is 0 Å². The molecule has 0 aliphatic carbocycles. The lowest BCUT2D eigenvalue weighted by molar-refractivity contribution is -0.255. The molecule has 0 spiro atoms. The Morgan fingerprint density at radius 2 is 1.82 bits per heavy atom. The van der Waals surface area contributed by atoms with Gasteiger partial charge < -0.3 is 14.6 Å². The van der Waals surface area contributed by atoms with Crippen molar-refractivity contribution in [2.24, 2.45) is 0 Å². The summed E-state index contributed by atoms with van der Waals surface area (Å²) >= 11 is 1.02. The van der Waals surface area contributed by atoms with E-state index in [2.05, 4.69) is 0 Å². The summed E-state index contributed by atoms with van der Waals surface area (Å²) in [4.78, 5) is 49.5. The predicted molar refractivity (Wildman–Crippen MR) is 99.9 cm³/mol. The lowest BCUT2D eigenvalue weighted by Crippen LogP contribution is -2.31. The molecule has 0 bridgehead atoms. The summed E-state index contributed by atoms with van der Waals surface area (Å²) in [5.74, 6) is -2.66. The van der Waals surface area contributed by atoms with Gasteiger partial charge in [-0.2, -0.15) is 0 Å². The number of carbonyl (C=O) groups is 4. The summed E-state index contributed by atoms with van der Waals surface area (Å²) in [6.07, 6.45) is -0.0511. The average Bonchev–Trinajstić information content (AvgIpc) is 2.95. The lowest BCUT2D eigenvalue weighted by atomic mass is 10.2. The van der Waals surface area contributed by atoms with Crippen LogP contribution in [-0.4, -0.2) is 35.6 Å². The third kappa shape index (κ3) is 3.91. The Bertz CT molecular complexity index is 940. The fraction of sp³-hybridized carbons (Fsp3) is 0.200. The number of thioether (sulfide) groups is 1. The van der Waals surface area contributed by atoms with Crippen LogP contribution in [0.15, 0.2) is 53.4 Å². The van der Waals surface area contributed by atoms with Crippen LogP contribution in [0.4, 0.5) is 5.69 Å². The fourth-order valence-corrected chi connectivity index (χ4v) is 3.99. The summed E-state index contributed by atoms with van der Waals surface area (Å²) in [7, 11) is 0. The van der Waals surface area contributed by atoms with Gasteiger partial charge in [0.2, 0.25) is 11.8 Å². The van der Waals surface area contributed by atoms with Crippen LogP contribution in [0.5, 0.6) is 0 Å². The molecule has 3 rings (SSSR count). The predicted octanol–water partition coefficient (Wildman–Crippen LogP) is 1.65. The van der Waals surface area contributed by atoms with Crippen molar-refractivity contribution in [3.8, 4) is 0 Å². The van der Waals surface area contributed by atoms with E-state index >= 15 is 0 Å². The quantitative estimate of drug-likeness (QED) is 0.538. The molecule has 1 heterocycles. The van der Waals surface area contributed by atoms with Crippen LogP contribution >= 0.6 is 11.8 Å². The zero-order chi connectivity index (χ0) is 20.3. The van der Waals surface area contributed by atoms with Gasteiger partial charge in [-0.25, -0.2) is 9.69 Å². The van der Waals surface area contributed by atoms with E-state index in [-0.39, 0.29) is 18.6 Å². The second-order valence-electron chi connectivity index (χ2n) is 5.93. The number of carbonyl (C=O) groups excluding carboxylic acids is 4. The molecule has 1 aliphatic heterocycles. The zero-order valence-corrected chi connectivity index (χ0v) is 15.7. The van der Waals surface area contributed by atoms with Gasteiger partial charge in [0.25, 0.3) is 0 Å². The molecular weight excluding hydrogens is 382 g/mol. The van der Waals surface area contributed by atoms with Crippen LogP contribution in [0, 0.1) is 0 Å². The number of carboxylic acids is 1. The molecule has 1 aliphatic rings. The maximum atomic E-state index is 12.8. The Labute approximate surface area is 165 Å². The highest BCUT2D eigenvalue weighted by molar-refractivity contribution is 8.00. The van der Waals surface area contributed by atoms with E-state index < -0.39 is 29.0 Å². The van der Waals surface area contributed by atoms with Crippen molar-refractivity contribution in [1.29, 1.82) is 0 Å². The van der Waals surface area contributed by atoms with Crippen LogP contribution < -0.4 is 10.0 Å². The molecule has 28 heavy (non-hydrogen) atoms. The summed E-state index contributed by atoms with van der Waals surface area (Å²) in [6.45, 7) is 1.94. The van der Waals surface area contributed by atoms with Gasteiger partial charge in [-0.05, 0) is 37.3 Å². The standard InChI is InChI=1S/C20H17NO6S/c1-2-27-20(26)12-7-9-13(10-8-12)21-17(22)11-16(18(21)23)28-15-6-4-3-5-14(15)19(24)25/h3-10,16H,2,11H2,1H3,(H,24,25)/p-1/t16-/m0/s1. The van der Waals surface area contributed by atoms with Gasteiger partial charge in [0.05, 0.1) is 29.1 Å². The van der Waals surface area contributed by atoms with Gasteiger partial charge in [-0.1, -0.05) is 18.2 Å². The Kier molecular flexibility index (Phi) is 5.79. The number of anilines is 1. The largest absolute Gasteiger partial charge is 0.545 e. The summed E-state index contributed by atoms with van der Waals surface area (Å²) < 4.78 is 4.91. The third-order valence-electron chi connectivity index (χ3n) is 4.12. The number of imide groups is 1. The second-order valence-corrected chi connectivity index (χ2v) is 7.17. The molecule has 2 aromatic rings. The van der Waals surface area contributed by atoms with Gasteiger partial charge in [-0.3, -0.25) is 9.59 Å². The Morgan fingerprint density at radius 1 is 1.14 bits per heavy atom. The first kappa shape index (κ1) is 19.6. The molecule has 1 saturated heterocycles. The van der Waals surface area contributed by atoms with Crippen molar-refractivity contribution >= 4 is 41.2 Å². The summed E-state index contributed by atoms with van der Waals surface area (Å²) in [5, 5.41) is 10.5. The molecule has 0 aromatic heterocycles. The fourth-order valence-electron chi connectivity index (χ4n) is 2.82. The number of amides is 2. The van der Waals surface area contributed by atoms with Crippen molar-refractivity contribution < 1.29 is 29.0 Å². The number of rotatable bonds is 6. The number of nitrogens with zero attached hydrogens (tertiary/aromatic N) is 1. The first-order valence-electron chi connectivity index (χ1n) is 8.53. The van der Waals surface area contributed by atoms with Gasteiger partial charge in [0.1, 0.15) is 0 Å². The first-order chi connectivity index (χ1) is 13.4. The SMILES string of the molecule is CCOC(=O)c1ccc(N2C(=O)C[C@H](Sc3ccccc3C(=O)[O-])C2=O)cc1. The topological polar surface area (TPSA) is 104 Å². The highest BCUT2D eigenvalue weighted by Gasteiger charge is 2.40. The molecule has 1 atom stereocenters. The molecule has 8 heteroatoms. The van der Waals surface area contributed by atoms with E-state index in [0.29, 0.717) is 16.1 Å². The Balaban J connectivity index is 1.79. The Hall–Kier alpha value is -3.13. The van der Waals surface area contributed by atoms with Gasteiger partial charge in [0, 0.05) is 16.9 Å². The maximum Gasteiger partial charge on any atom is 0.338 e. The van der Waals surface area contributed by atoms with E-state index in [9.17, 15) is 24.3 Å². The molecule has 0 saturated carbocycles. The van der Waals surface area contributed by atoms with Crippen molar-refractivity contribution in [3.63, 3.8) is 0 Å². The number of hydrogen-bond donors (Lipinski definition) is 0. The number of esters is 1. The van der Waals surface area contributed by atoms with Crippen LogP contribution in [0.3, 0.4) is 0 Å². The van der Waals surface area contributed by atoms with Crippen LogP contribution in [0.1, 0.15) is 34.1 Å². The lowest BCUT2D eigenvalue weighted by Gasteiger charge is -2.16. The van der Waals surface area contributed by atoms with Crippen molar-refractivity contribution in [2.75, 3.05) is 11.5 Å². The highest BCUT2D eigenvalue weighted by Crippen LogP contribution is 2.35. The van der Waals surface area contributed by atoms with Gasteiger partial charge in [0.15, 0.2) is 0 Å². The zero-order valence-electron chi connectivity index (χ0n) is 14.9. The maximum absolute atomic E-state index is 12.8. The molecule has 0 unspecified atom stereocenters. The van der Waals surface area contributed by atoms with Crippen molar-refractivity contribution in [1.82, 2.24) is 0 Å². The minimum absolute atomic E-state index is 0.0232. The molecule has 7 nitrogen and oxygen atoms in total. The molecule has 2 amide bonds. The number of hydrogen-bond acceptors (Lipinski definition) is 7. The molecular formula is C20H16NO6S-. The first-order valence-corrected chi connectivity index (χ1v) is 9.41. The smallest absolute Gasteiger partial charge is 0.338 e. The number of carboxylic acid groups (broad SMARTS) is 1. The monoisotopic (exact) mass is 398 g/mol. The minimum atomic E-state index is -1.34. The third-order valence-corrected chi connectivity index (χ3v) is 5.38. The van der Waals surface area contributed by atoms with Gasteiger partial charge >= 0.3 is 5.97 Å². The second kappa shape index (κ2) is 8.26. The van der Waals surface area contributed by atoms with E-state index in [4.69, 9.17) is 4.74 Å². The van der Waals surface area contributed by atoms with Crippen LogP contribution in [0.25, 0.3) is 0 Å². The summed E-state index contributed by atoms with van der Waals surface area (Å²) in [5.41, 5.74) is 0.642. The molecule has 144 valence electrons. The summed E-state index contributed by atoms with van der Waals surface area (Å²) in [6, 6.07) is 12.2. The van der Waals surface area contributed by atoms with E-state index in [0.717, 1.165) is 16.7 Å². The van der Waals surface area contributed by atoms with Crippen LogP contribution in [-0.2, 0) is 14.3 Å².